The van der Waals surface area contributed by atoms with Crippen LogP contribution in [0.15, 0.2) is 22.7 Å². The predicted molar refractivity (Wildman–Crippen MR) is 93.1 cm³/mol. The number of nitrogens with zero attached hydrogens (tertiary/aromatic N) is 3. The van der Waals surface area contributed by atoms with Crippen LogP contribution in [0, 0.1) is 0 Å². The lowest BCUT2D eigenvalue weighted by molar-refractivity contribution is -0.159. The monoisotopic (exact) mass is 403 g/mol. The van der Waals surface area contributed by atoms with Gasteiger partial charge in [-0.2, -0.15) is 18.2 Å². The van der Waals surface area contributed by atoms with E-state index >= 15 is 0 Å². The molecule has 148 valence electrons. The van der Waals surface area contributed by atoms with E-state index < -0.39 is 28.2 Å². The molecule has 0 saturated carbocycles. The van der Waals surface area contributed by atoms with Gasteiger partial charge in [-0.25, -0.2) is 0 Å². The Balaban J connectivity index is 1.89. The molecule has 3 rings (SSSR count). The first-order valence-corrected chi connectivity index (χ1v) is 9.43. The first kappa shape index (κ1) is 20.0. The van der Waals surface area contributed by atoms with E-state index in [1.54, 1.807) is 18.2 Å². The highest BCUT2D eigenvalue weighted by atomic mass is 32.2. The molecular formula is C17H20F3N3O3S. The summed E-state index contributed by atoms with van der Waals surface area (Å²) in [5, 5.41) is 3.39. The Kier molecular flexibility index (Phi) is 5.17. The smallest absolute Gasteiger partial charge is 0.471 e. The van der Waals surface area contributed by atoms with Crippen molar-refractivity contribution in [3.05, 3.63) is 29.7 Å². The number of halogens is 3. The molecule has 0 bridgehead atoms. The molecule has 0 saturated heterocycles. The lowest BCUT2D eigenvalue weighted by Gasteiger charge is -2.34. The third kappa shape index (κ3) is 4.22. The minimum absolute atomic E-state index is 0.0945. The van der Waals surface area contributed by atoms with Gasteiger partial charge in [-0.1, -0.05) is 17.3 Å². The number of hydrogen-bond acceptors (Lipinski definition) is 6. The third-order valence-electron chi connectivity index (χ3n) is 4.03. The molecule has 1 aromatic heterocycles. The van der Waals surface area contributed by atoms with Crippen molar-refractivity contribution < 1.29 is 27.0 Å². The molecular weight excluding hydrogens is 383 g/mol. The van der Waals surface area contributed by atoms with Crippen molar-refractivity contribution in [1.29, 1.82) is 0 Å². The Hall–Kier alpha value is -1.78. The maximum absolute atomic E-state index is 12.8. The molecule has 0 aliphatic carbocycles. The van der Waals surface area contributed by atoms with Gasteiger partial charge >= 0.3 is 12.1 Å². The third-order valence-corrected chi connectivity index (χ3v) is 5.99. The maximum Gasteiger partial charge on any atom is 0.471 e. The summed E-state index contributed by atoms with van der Waals surface area (Å²) < 4.78 is 62.3. The second-order valence-corrected chi connectivity index (χ2v) is 9.53. The van der Waals surface area contributed by atoms with Crippen molar-refractivity contribution in [2.75, 3.05) is 6.61 Å². The summed E-state index contributed by atoms with van der Waals surface area (Å²) in [5.74, 6) is -1.05. The average Bonchev–Trinajstić information content (AvgIpc) is 3.01. The molecule has 27 heavy (non-hydrogen) atoms. The van der Waals surface area contributed by atoms with E-state index in [-0.39, 0.29) is 11.9 Å². The van der Waals surface area contributed by atoms with Gasteiger partial charge in [0.05, 0.1) is 12.6 Å². The molecule has 2 atom stereocenters. The van der Waals surface area contributed by atoms with Crippen LogP contribution in [0.3, 0.4) is 0 Å². The highest BCUT2D eigenvalue weighted by Crippen LogP contribution is 2.34. The number of fused-ring (bicyclic) bond motifs is 1. The Morgan fingerprint density at radius 3 is 2.56 bits per heavy atom. The number of rotatable bonds is 2. The number of ether oxygens (including phenoxy) is 1. The van der Waals surface area contributed by atoms with E-state index in [0.717, 1.165) is 5.56 Å². The van der Waals surface area contributed by atoms with Gasteiger partial charge in [0.15, 0.2) is 0 Å². The summed E-state index contributed by atoms with van der Waals surface area (Å²) in [5.41, 5.74) is 1.14. The standard InChI is InChI=1S/C17H20F3N3O3S/c1-10-9-25-13-7-11(14-21-15(26-22-14)17(18,19)20)5-6-12(13)8-23(10)27(24)16(2,3)4/h5-7,10H,8-9H2,1-4H3/t10-,27?/m0/s1. The highest BCUT2D eigenvalue weighted by molar-refractivity contribution is 7.90. The Labute approximate surface area is 158 Å². The largest absolute Gasteiger partial charge is 0.597 e. The van der Waals surface area contributed by atoms with E-state index in [0.29, 0.717) is 24.5 Å². The molecule has 0 spiro atoms. The Bertz CT molecular complexity index is 820. The molecule has 2 heterocycles. The fourth-order valence-corrected chi connectivity index (χ4v) is 3.95. The van der Waals surface area contributed by atoms with E-state index in [9.17, 15) is 17.7 Å². The lowest BCUT2D eigenvalue weighted by Crippen LogP contribution is -2.47. The minimum Gasteiger partial charge on any atom is -0.597 e. The summed E-state index contributed by atoms with van der Waals surface area (Å²) in [4.78, 5) is 3.40. The fraction of sp³-hybridized carbons (Fsp3) is 0.529. The van der Waals surface area contributed by atoms with Crippen LogP contribution in [0.4, 0.5) is 13.2 Å². The minimum atomic E-state index is -4.69. The van der Waals surface area contributed by atoms with E-state index in [1.165, 1.54) is 0 Å². The second kappa shape index (κ2) is 6.99. The van der Waals surface area contributed by atoms with E-state index in [2.05, 4.69) is 14.7 Å². The first-order valence-electron chi connectivity index (χ1n) is 8.32. The molecule has 1 aliphatic rings. The zero-order valence-electron chi connectivity index (χ0n) is 15.3. The molecule has 0 N–H and O–H groups in total. The molecule has 10 heteroatoms. The molecule has 6 nitrogen and oxygen atoms in total. The number of hydrogen-bond donors (Lipinski definition) is 0. The summed E-state index contributed by atoms with van der Waals surface area (Å²) >= 11 is -1.23. The van der Waals surface area contributed by atoms with Gasteiger partial charge in [-0.05, 0) is 33.8 Å². The Morgan fingerprint density at radius 2 is 1.96 bits per heavy atom. The van der Waals surface area contributed by atoms with Gasteiger partial charge in [0.1, 0.15) is 17.1 Å². The van der Waals surface area contributed by atoms with Crippen molar-refractivity contribution in [3.63, 3.8) is 0 Å². The average molecular weight is 403 g/mol. The van der Waals surface area contributed by atoms with Crippen molar-refractivity contribution in [2.24, 2.45) is 0 Å². The van der Waals surface area contributed by atoms with Gasteiger partial charge in [0.2, 0.25) is 5.82 Å². The van der Waals surface area contributed by atoms with Crippen molar-refractivity contribution in [2.45, 2.75) is 51.2 Å². The number of benzene rings is 1. The van der Waals surface area contributed by atoms with Gasteiger partial charge < -0.3 is 13.8 Å². The molecule has 1 aliphatic heterocycles. The van der Waals surface area contributed by atoms with Crippen LogP contribution in [-0.2, 0) is 24.1 Å². The Morgan fingerprint density at radius 1 is 1.26 bits per heavy atom. The zero-order chi connectivity index (χ0) is 20.0. The van der Waals surface area contributed by atoms with Crippen LogP contribution in [0.1, 0.15) is 39.1 Å². The number of alkyl halides is 3. The molecule has 2 aromatic rings. The first-order chi connectivity index (χ1) is 12.5. The zero-order valence-corrected chi connectivity index (χ0v) is 16.1. The molecule has 1 unspecified atom stereocenters. The molecule has 1 aromatic carbocycles. The normalized spacial score (nSPS) is 19.9. The van der Waals surface area contributed by atoms with Crippen LogP contribution in [0.25, 0.3) is 11.4 Å². The fourth-order valence-electron chi connectivity index (χ4n) is 2.61. The van der Waals surface area contributed by atoms with E-state index in [1.807, 2.05) is 32.0 Å². The number of aromatic nitrogens is 2. The molecule has 0 fully saturated rings. The van der Waals surface area contributed by atoms with Crippen LogP contribution in [0.2, 0.25) is 0 Å². The van der Waals surface area contributed by atoms with Crippen LogP contribution in [0.5, 0.6) is 5.75 Å². The predicted octanol–water partition coefficient (Wildman–Crippen LogP) is 3.80. The van der Waals surface area contributed by atoms with Crippen molar-refractivity contribution >= 4 is 11.4 Å². The van der Waals surface area contributed by atoms with Gasteiger partial charge in [0.25, 0.3) is 0 Å². The van der Waals surface area contributed by atoms with Gasteiger partial charge in [0, 0.05) is 22.5 Å². The second-order valence-electron chi connectivity index (χ2n) is 7.34. The van der Waals surface area contributed by atoms with Gasteiger partial charge in [-0.3, -0.25) is 0 Å². The highest BCUT2D eigenvalue weighted by Gasteiger charge is 2.39. The SMILES string of the molecule is C[C@H]1COc2cc(-c3noc(C(F)(F)F)n3)ccc2CN1[S+]([O-])C(C)(C)C. The van der Waals surface area contributed by atoms with Crippen molar-refractivity contribution in [1.82, 2.24) is 14.4 Å². The van der Waals surface area contributed by atoms with Crippen LogP contribution >= 0.6 is 0 Å². The summed E-state index contributed by atoms with van der Waals surface area (Å²) in [6.07, 6.45) is -4.69. The quantitative estimate of drug-likeness (QED) is 0.710. The summed E-state index contributed by atoms with van der Waals surface area (Å²) in [6, 6.07) is 4.81. The summed E-state index contributed by atoms with van der Waals surface area (Å²) in [6.45, 7) is 8.34. The van der Waals surface area contributed by atoms with Crippen LogP contribution < -0.4 is 4.74 Å². The molecule has 0 amide bonds. The maximum atomic E-state index is 12.8. The van der Waals surface area contributed by atoms with Gasteiger partial charge in [-0.15, -0.1) is 4.31 Å². The van der Waals surface area contributed by atoms with Crippen LogP contribution in [-0.4, -0.2) is 36.4 Å². The van der Waals surface area contributed by atoms with Crippen molar-refractivity contribution in [3.8, 4) is 17.1 Å². The topological polar surface area (TPSA) is 74.5 Å². The summed E-state index contributed by atoms with van der Waals surface area (Å²) in [7, 11) is 0. The lowest BCUT2D eigenvalue weighted by atomic mass is 10.1. The van der Waals surface area contributed by atoms with E-state index in [4.69, 9.17) is 4.74 Å². The molecule has 0 radical (unpaired) electrons.